The molecule has 1 aliphatic rings. The summed E-state index contributed by atoms with van der Waals surface area (Å²) in [5, 5.41) is 0.550. The van der Waals surface area contributed by atoms with Crippen molar-refractivity contribution in [3.63, 3.8) is 0 Å². The Bertz CT molecular complexity index is 917. The zero-order valence-electron chi connectivity index (χ0n) is 14.6. The zero-order chi connectivity index (χ0) is 18.9. The minimum Gasteiger partial charge on any atom is -0.464 e. The summed E-state index contributed by atoms with van der Waals surface area (Å²) in [6.45, 7) is 0. The maximum atomic E-state index is 12.3. The number of fused-ring (bicyclic) bond motifs is 1. The highest BCUT2D eigenvalue weighted by Crippen LogP contribution is 2.49. The van der Waals surface area contributed by atoms with Gasteiger partial charge in [-0.2, -0.15) is 0 Å². The van der Waals surface area contributed by atoms with Crippen molar-refractivity contribution < 1.29 is 19.0 Å². The van der Waals surface area contributed by atoms with Crippen LogP contribution < -0.4 is 4.74 Å². The molecule has 1 heterocycles. The van der Waals surface area contributed by atoms with E-state index in [4.69, 9.17) is 25.8 Å². The molecule has 5 heteroatoms. The zero-order valence-corrected chi connectivity index (χ0v) is 15.3. The van der Waals surface area contributed by atoms with Crippen LogP contribution in [0, 0.1) is 0 Å². The van der Waals surface area contributed by atoms with Crippen LogP contribution in [-0.2, 0) is 19.9 Å². The average Bonchev–Trinajstić information content (AvgIpc) is 2.73. The van der Waals surface area contributed by atoms with Gasteiger partial charge in [0.05, 0.1) is 7.11 Å². The van der Waals surface area contributed by atoms with Crippen LogP contribution in [-0.4, -0.2) is 19.4 Å². The van der Waals surface area contributed by atoms with Crippen LogP contribution in [0.2, 0.25) is 5.02 Å². The van der Waals surface area contributed by atoms with E-state index in [1.807, 2.05) is 66.7 Å². The number of rotatable bonds is 3. The van der Waals surface area contributed by atoms with Crippen LogP contribution in [0.25, 0.3) is 0 Å². The Balaban J connectivity index is 2.04. The third-order valence-corrected chi connectivity index (χ3v) is 4.83. The highest BCUT2D eigenvalue weighted by Gasteiger charge is 2.48. The number of carbonyl (C=O) groups is 1. The summed E-state index contributed by atoms with van der Waals surface area (Å²) in [6, 6.07) is 24.7. The molecule has 0 fully saturated rings. The molecular formula is C22H17ClO4. The quantitative estimate of drug-likeness (QED) is 0.626. The third-order valence-electron chi connectivity index (χ3n) is 4.59. The molecular weight excluding hydrogens is 364 g/mol. The fourth-order valence-corrected chi connectivity index (χ4v) is 3.57. The predicted octanol–water partition coefficient (Wildman–Crippen LogP) is 4.54. The standard InChI is InChI=1S/C22H17ClO4/c1-25-20(24)21-26-19-13-12-17(23)14-18(19)22(27-21,15-8-4-2-5-9-15)16-10-6-3-7-11-16/h2-14,21H,1H3. The summed E-state index contributed by atoms with van der Waals surface area (Å²) in [5.41, 5.74) is 1.38. The second-order valence-corrected chi connectivity index (χ2v) is 6.58. The lowest BCUT2D eigenvalue weighted by atomic mass is 9.79. The fraction of sp³-hybridized carbons (Fsp3) is 0.136. The van der Waals surface area contributed by atoms with Gasteiger partial charge in [0.15, 0.2) is 5.60 Å². The molecule has 0 saturated carbocycles. The molecule has 0 radical (unpaired) electrons. The molecule has 0 aromatic heterocycles. The third kappa shape index (κ3) is 2.97. The number of esters is 1. The van der Waals surface area contributed by atoms with Crippen LogP contribution in [0.4, 0.5) is 0 Å². The lowest BCUT2D eigenvalue weighted by Gasteiger charge is -2.42. The number of hydrogen-bond donors (Lipinski definition) is 0. The van der Waals surface area contributed by atoms with Crippen molar-refractivity contribution in [2.24, 2.45) is 0 Å². The topological polar surface area (TPSA) is 44.8 Å². The van der Waals surface area contributed by atoms with E-state index in [2.05, 4.69) is 0 Å². The number of halogens is 1. The Labute approximate surface area is 162 Å². The SMILES string of the molecule is COC(=O)C1Oc2ccc(Cl)cc2C(c2ccccc2)(c2ccccc2)O1. The molecule has 136 valence electrons. The van der Waals surface area contributed by atoms with Crippen LogP contribution in [0.1, 0.15) is 16.7 Å². The lowest BCUT2D eigenvalue weighted by molar-refractivity contribution is -0.199. The number of methoxy groups -OCH3 is 1. The number of benzene rings is 3. The van der Waals surface area contributed by atoms with Crippen molar-refractivity contribution in [2.45, 2.75) is 11.9 Å². The molecule has 1 aliphatic heterocycles. The fourth-order valence-electron chi connectivity index (χ4n) is 3.40. The molecule has 1 atom stereocenters. The first-order valence-electron chi connectivity index (χ1n) is 8.48. The van der Waals surface area contributed by atoms with Gasteiger partial charge in [-0.15, -0.1) is 0 Å². The molecule has 27 heavy (non-hydrogen) atoms. The largest absolute Gasteiger partial charge is 0.464 e. The van der Waals surface area contributed by atoms with E-state index in [0.717, 1.165) is 16.7 Å². The Kier molecular flexibility index (Phi) is 4.60. The molecule has 3 aromatic rings. The van der Waals surface area contributed by atoms with Crippen LogP contribution >= 0.6 is 11.6 Å². The maximum absolute atomic E-state index is 12.3. The van der Waals surface area contributed by atoms with E-state index in [-0.39, 0.29) is 0 Å². The van der Waals surface area contributed by atoms with Gasteiger partial charge in [0.1, 0.15) is 5.75 Å². The molecule has 3 aromatic carbocycles. The Morgan fingerprint density at radius 3 is 2.11 bits per heavy atom. The second-order valence-electron chi connectivity index (χ2n) is 6.14. The van der Waals surface area contributed by atoms with Gasteiger partial charge >= 0.3 is 12.3 Å². The molecule has 4 nitrogen and oxygen atoms in total. The van der Waals surface area contributed by atoms with Crippen molar-refractivity contribution >= 4 is 17.6 Å². The first-order chi connectivity index (χ1) is 13.1. The molecule has 0 bridgehead atoms. The first-order valence-corrected chi connectivity index (χ1v) is 8.86. The first kappa shape index (κ1) is 17.6. The number of hydrogen-bond acceptors (Lipinski definition) is 4. The van der Waals surface area contributed by atoms with Crippen LogP contribution in [0.5, 0.6) is 5.75 Å². The minimum atomic E-state index is -1.20. The van der Waals surface area contributed by atoms with E-state index in [9.17, 15) is 4.79 Å². The highest BCUT2D eigenvalue weighted by atomic mass is 35.5. The summed E-state index contributed by atoms with van der Waals surface area (Å²) in [7, 11) is 1.30. The van der Waals surface area contributed by atoms with E-state index >= 15 is 0 Å². The molecule has 0 N–H and O–H groups in total. The Morgan fingerprint density at radius 1 is 0.963 bits per heavy atom. The molecule has 4 rings (SSSR count). The molecule has 0 amide bonds. The van der Waals surface area contributed by atoms with Gasteiger partial charge in [-0.25, -0.2) is 4.79 Å². The minimum absolute atomic E-state index is 0.522. The number of carbonyl (C=O) groups excluding carboxylic acids is 1. The summed E-state index contributed by atoms with van der Waals surface area (Å²) < 4.78 is 17.0. The van der Waals surface area contributed by atoms with Crippen molar-refractivity contribution in [1.29, 1.82) is 0 Å². The van der Waals surface area contributed by atoms with E-state index in [1.165, 1.54) is 7.11 Å². The van der Waals surface area contributed by atoms with Gasteiger partial charge in [0.25, 0.3) is 0 Å². The highest BCUT2D eigenvalue weighted by molar-refractivity contribution is 6.30. The van der Waals surface area contributed by atoms with Gasteiger partial charge in [-0.3, -0.25) is 0 Å². The summed E-state index contributed by atoms with van der Waals surface area (Å²) in [5.74, 6) is -0.0828. The molecule has 0 saturated heterocycles. The summed E-state index contributed by atoms with van der Waals surface area (Å²) in [4.78, 5) is 12.3. The summed E-state index contributed by atoms with van der Waals surface area (Å²) in [6.07, 6.45) is -1.20. The predicted molar refractivity (Wildman–Crippen MR) is 102 cm³/mol. The van der Waals surface area contributed by atoms with Crippen molar-refractivity contribution in [3.05, 3.63) is 101 Å². The van der Waals surface area contributed by atoms with Crippen LogP contribution in [0.15, 0.2) is 78.9 Å². The molecule has 0 spiro atoms. The summed E-state index contributed by atoms with van der Waals surface area (Å²) >= 11 is 6.30. The van der Waals surface area contributed by atoms with Gasteiger partial charge in [0.2, 0.25) is 0 Å². The normalized spacial score (nSPS) is 17.5. The van der Waals surface area contributed by atoms with Crippen molar-refractivity contribution in [1.82, 2.24) is 0 Å². The average molecular weight is 381 g/mol. The molecule has 1 unspecified atom stereocenters. The van der Waals surface area contributed by atoms with E-state index < -0.39 is 17.9 Å². The second kappa shape index (κ2) is 7.06. The van der Waals surface area contributed by atoms with Crippen molar-refractivity contribution in [2.75, 3.05) is 7.11 Å². The van der Waals surface area contributed by atoms with Gasteiger partial charge in [-0.1, -0.05) is 72.3 Å². The molecule has 0 aliphatic carbocycles. The Morgan fingerprint density at radius 2 is 1.56 bits per heavy atom. The van der Waals surface area contributed by atoms with Gasteiger partial charge in [-0.05, 0) is 29.3 Å². The van der Waals surface area contributed by atoms with E-state index in [1.54, 1.807) is 12.1 Å². The smallest absolute Gasteiger partial charge is 0.376 e. The maximum Gasteiger partial charge on any atom is 0.376 e. The van der Waals surface area contributed by atoms with Crippen molar-refractivity contribution in [3.8, 4) is 5.75 Å². The Hall–Kier alpha value is -2.82. The monoisotopic (exact) mass is 380 g/mol. The van der Waals surface area contributed by atoms with Gasteiger partial charge < -0.3 is 14.2 Å². The van der Waals surface area contributed by atoms with Gasteiger partial charge in [0, 0.05) is 10.6 Å². The number of ether oxygens (including phenoxy) is 3. The lowest BCUT2D eigenvalue weighted by Crippen LogP contribution is -2.47. The van der Waals surface area contributed by atoms with E-state index in [0.29, 0.717) is 10.8 Å². The van der Waals surface area contributed by atoms with Crippen LogP contribution in [0.3, 0.4) is 0 Å².